The van der Waals surface area contributed by atoms with Gasteiger partial charge in [-0.05, 0) is 20.8 Å². The average molecular weight is 397 g/mol. The average Bonchev–Trinajstić information content (AvgIpc) is 3.27. The Balaban J connectivity index is 1.50. The summed E-state index contributed by atoms with van der Waals surface area (Å²) in [7, 11) is 1.79. The summed E-state index contributed by atoms with van der Waals surface area (Å²) in [5, 5.41) is 10.9. The molecule has 3 rings (SSSR count). The zero-order valence-electron chi connectivity index (χ0n) is 16.8. The van der Waals surface area contributed by atoms with Crippen LogP contribution in [0, 0.1) is 13.8 Å². The fraction of sp³-hybridized carbons (Fsp3) is 0.350. The number of carbonyl (C=O) groups excluding carboxylic acids is 2. The van der Waals surface area contributed by atoms with Crippen LogP contribution in [0.4, 0.5) is 5.69 Å². The first-order valence-corrected chi connectivity index (χ1v) is 9.23. The molecule has 9 nitrogen and oxygen atoms in total. The van der Waals surface area contributed by atoms with Gasteiger partial charge in [-0.3, -0.25) is 14.3 Å². The van der Waals surface area contributed by atoms with Crippen LogP contribution >= 0.6 is 0 Å². The molecule has 0 saturated heterocycles. The van der Waals surface area contributed by atoms with Crippen molar-refractivity contribution in [1.82, 2.24) is 19.9 Å². The Morgan fingerprint density at radius 2 is 1.97 bits per heavy atom. The lowest BCUT2D eigenvalue weighted by atomic mass is 10.2. The summed E-state index contributed by atoms with van der Waals surface area (Å²) in [4.78, 5) is 28.7. The molecule has 29 heavy (non-hydrogen) atoms. The number of carbonyl (C=O) groups is 2. The number of rotatable bonds is 7. The highest BCUT2D eigenvalue weighted by Gasteiger charge is 2.21. The number of hydrogen-bond acceptors (Lipinski definition) is 7. The van der Waals surface area contributed by atoms with Crippen molar-refractivity contribution in [1.29, 1.82) is 0 Å². The minimum absolute atomic E-state index is 0.0268. The van der Waals surface area contributed by atoms with E-state index in [4.69, 9.17) is 9.26 Å². The number of esters is 1. The molecule has 0 fully saturated rings. The van der Waals surface area contributed by atoms with Crippen LogP contribution in [-0.2, 0) is 27.8 Å². The van der Waals surface area contributed by atoms with Crippen LogP contribution in [0.2, 0.25) is 0 Å². The van der Waals surface area contributed by atoms with Gasteiger partial charge < -0.3 is 14.6 Å². The second-order valence-corrected chi connectivity index (χ2v) is 6.67. The number of aryl methyl sites for hydroxylation is 3. The van der Waals surface area contributed by atoms with E-state index in [2.05, 4.69) is 20.6 Å². The van der Waals surface area contributed by atoms with E-state index < -0.39 is 18.0 Å². The second-order valence-electron chi connectivity index (χ2n) is 6.67. The SMILES string of the molecule is Cc1nn(C)c(C)c1NC(=O)[C@@H](C)OC(=O)CCc1nc(-c2ccccc2)no1. The molecule has 0 aliphatic heterocycles. The molecule has 152 valence electrons. The van der Waals surface area contributed by atoms with E-state index in [1.165, 1.54) is 6.92 Å². The molecule has 2 heterocycles. The number of hydrogen-bond donors (Lipinski definition) is 1. The summed E-state index contributed by atoms with van der Waals surface area (Å²) < 4.78 is 12.1. The van der Waals surface area contributed by atoms with Crippen molar-refractivity contribution in [3.05, 3.63) is 47.6 Å². The smallest absolute Gasteiger partial charge is 0.307 e. The normalized spacial score (nSPS) is 11.9. The van der Waals surface area contributed by atoms with Gasteiger partial charge in [-0.1, -0.05) is 35.5 Å². The topological polar surface area (TPSA) is 112 Å². The van der Waals surface area contributed by atoms with Crippen molar-refractivity contribution in [3.63, 3.8) is 0 Å². The molecule has 1 aromatic carbocycles. The number of benzene rings is 1. The number of aromatic nitrogens is 4. The maximum absolute atomic E-state index is 12.3. The van der Waals surface area contributed by atoms with Crippen LogP contribution in [0.3, 0.4) is 0 Å². The molecule has 0 spiro atoms. The summed E-state index contributed by atoms with van der Waals surface area (Å²) in [5.74, 6) is -0.142. The van der Waals surface area contributed by atoms with Gasteiger partial charge in [-0.15, -0.1) is 0 Å². The molecule has 0 aliphatic carbocycles. The van der Waals surface area contributed by atoms with E-state index in [1.807, 2.05) is 37.3 Å². The Morgan fingerprint density at radius 3 is 2.62 bits per heavy atom. The summed E-state index contributed by atoms with van der Waals surface area (Å²) in [6.07, 6.45) is -0.684. The monoisotopic (exact) mass is 397 g/mol. The zero-order chi connectivity index (χ0) is 21.0. The zero-order valence-corrected chi connectivity index (χ0v) is 16.8. The molecule has 0 saturated carbocycles. The minimum Gasteiger partial charge on any atom is -0.453 e. The molecule has 9 heteroatoms. The highest BCUT2D eigenvalue weighted by atomic mass is 16.5. The number of nitrogens with one attached hydrogen (secondary N) is 1. The van der Waals surface area contributed by atoms with E-state index in [1.54, 1.807) is 18.7 Å². The van der Waals surface area contributed by atoms with Crippen molar-refractivity contribution in [2.45, 2.75) is 39.7 Å². The number of amides is 1. The van der Waals surface area contributed by atoms with Gasteiger partial charge in [0.25, 0.3) is 5.91 Å². The highest BCUT2D eigenvalue weighted by molar-refractivity contribution is 5.96. The van der Waals surface area contributed by atoms with Crippen molar-refractivity contribution in [2.75, 3.05) is 5.32 Å². The van der Waals surface area contributed by atoms with E-state index in [-0.39, 0.29) is 12.8 Å². The molecule has 3 aromatic rings. The third-order valence-electron chi connectivity index (χ3n) is 4.48. The Hall–Kier alpha value is -3.49. The third kappa shape index (κ3) is 4.87. The van der Waals surface area contributed by atoms with Gasteiger partial charge in [0.15, 0.2) is 6.10 Å². The maximum atomic E-state index is 12.3. The highest BCUT2D eigenvalue weighted by Crippen LogP contribution is 2.19. The molecular weight excluding hydrogens is 374 g/mol. The molecule has 2 aromatic heterocycles. The Kier molecular flexibility index (Phi) is 6.06. The van der Waals surface area contributed by atoms with Crippen molar-refractivity contribution < 1.29 is 18.8 Å². The van der Waals surface area contributed by atoms with E-state index in [0.717, 1.165) is 11.3 Å². The fourth-order valence-corrected chi connectivity index (χ4v) is 2.76. The largest absolute Gasteiger partial charge is 0.453 e. The second kappa shape index (κ2) is 8.68. The number of anilines is 1. The molecule has 0 radical (unpaired) electrons. The van der Waals surface area contributed by atoms with Crippen LogP contribution in [0.5, 0.6) is 0 Å². The summed E-state index contributed by atoms with van der Waals surface area (Å²) >= 11 is 0. The molecule has 1 atom stereocenters. The van der Waals surface area contributed by atoms with Gasteiger partial charge in [0.2, 0.25) is 11.7 Å². The number of ether oxygens (including phenoxy) is 1. The Labute approximate surface area is 168 Å². The van der Waals surface area contributed by atoms with Crippen LogP contribution in [0.15, 0.2) is 34.9 Å². The lowest BCUT2D eigenvalue weighted by Crippen LogP contribution is -2.30. The van der Waals surface area contributed by atoms with Crippen LogP contribution in [0.25, 0.3) is 11.4 Å². The molecule has 0 unspecified atom stereocenters. The molecule has 0 aliphatic rings. The van der Waals surface area contributed by atoms with Gasteiger partial charge >= 0.3 is 5.97 Å². The van der Waals surface area contributed by atoms with E-state index in [0.29, 0.717) is 23.1 Å². The first-order valence-electron chi connectivity index (χ1n) is 9.23. The fourth-order valence-electron chi connectivity index (χ4n) is 2.76. The molecule has 1 N–H and O–H groups in total. The van der Waals surface area contributed by atoms with Gasteiger partial charge in [-0.2, -0.15) is 10.1 Å². The summed E-state index contributed by atoms with van der Waals surface area (Å²) in [5.41, 5.74) is 2.97. The quantitative estimate of drug-likeness (QED) is 0.610. The predicted octanol–water partition coefficient (Wildman–Crippen LogP) is 2.59. The third-order valence-corrected chi connectivity index (χ3v) is 4.48. The van der Waals surface area contributed by atoms with Crippen LogP contribution < -0.4 is 5.32 Å². The van der Waals surface area contributed by atoms with Crippen molar-refractivity contribution >= 4 is 17.6 Å². The van der Waals surface area contributed by atoms with Crippen LogP contribution in [-0.4, -0.2) is 37.9 Å². The molecule has 1 amide bonds. The van der Waals surface area contributed by atoms with Gasteiger partial charge in [-0.25, -0.2) is 0 Å². The minimum atomic E-state index is -0.941. The first kappa shape index (κ1) is 20.2. The van der Waals surface area contributed by atoms with E-state index in [9.17, 15) is 9.59 Å². The van der Waals surface area contributed by atoms with E-state index >= 15 is 0 Å². The molecular formula is C20H23N5O4. The standard InChI is InChI=1S/C20H23N5O4/c1-12-18(13(2)25(4)23-12)22-20(27)14(3)28-17(26)11-10-16-21-19(24-29-16)15-8-6-5-7-9-15/h5-9,14H,10-11H2,1-4H3,(H,22,27)/t14-/m1/s1. The lowest BCUT2D eigenvalue weighted by Gasteiger charge is -2.13. The van der Waals surface area contributed by atoms with Crippen molar-refractivity contribution in [2.24, 2.45) is 7.05 Å². The Bertz CT molecular complexity index is 1010. The van der Waals surface area contributed by atoms with Gasteiger partial charge in [0.1, 0.15) is 0 Å². The first-order chi connectivity index (χ1) is 13.8. The van der Waals surface area contributed by atoms with Gasteiger partial charge in [0, 0.05) is 19.0 Å². The predicted molar refractivity (Wildman–Crippen MR) is 105 cm³/mol. The summed E-state index contributed by atoms with van der Waals surface area (Å²) in [6, 6.07) is 9.39. The van der Waals surface area contributed by atoms with Crippen LogP contribution in [0.1, 0.15) is 30.6 Å². The number of nitrogens with zero attached hydrogens (tertiary/aromatic N) is 4. The molecule has 0 bridgehead atoms. The van der Waals surface area contributed by atoms with Crippen molar-refractivity contribution in [3.8, 4) is 11.4 Å². The van der Waals surface area contributed by atoms with Gasteiger partial charge in [0.05, 0.1) is 23.5 Å². The Morgan fingerprint density at radius 1 is 1.24 bits per heavy atom. The summed E-state index contributed by atoms with van der Waals surface area (Å²) in [6.45, 7) is 5.17. The lowest BCUT2D eigenvalue weighted by molar-refractivity contribution is -0.153. The maximum Gasteiger partial charge on any atom is 0.307 e.